The minimum Gasteiger partial charge on any atom is -0.449 e. The van der Waals surface area contributed by atoms with Crippen molar-refractivity contribution in [1.82, 2.24) is 0 Å². The van der Waals surface area contributed by atoms with Gasteiger partial charge in [0.15, 0.2) is 23.0 Å². The number of benzene rings is 3. The number of rotatable bonds is 0. The second-order valence-electron chi connectivity index (χ2n) is 6.01. The Kier molecular flexibility index (Phi) is 2.70. The van der Waals surface area contributed by atoms with Crippen LogP contribution in [0, 0.1) is 27.7 Å². The Hall–Kier alpha value is -2.48. The summed E-state index contributed by atoms with van der Waals surface area (Å²) in [6.45, 7) is 8.46. The Bertz CT molecular complexity index is 847. The fourth-order valence-corrected chi connectivity index (χ4v) is 3.07. The van der Waals surface area contributed by atoms with E-state index in [1.165, 1.54) is 11.1 Å². The number of fused-ring (bicyclic) bond motifs is 3. The third kappa shape index (κ3) is 1.73. The number of ether oxygens (including phenoxy) is 2. The van der Waals surface area contributed by atoms with Gasteiger partial charge in [0.2, 0.25) is 0 Å². The second kappa shape index (κ2) is 4.51. The molecule has 3 aromatic rings. The monoisotopic (exact) mass is 290 g/mol. The second-order valence-corrected chi connectivity index (χ2v) is 6.01. The van der Waals surface area contributed by atoms with E-state index in [1.54, 1.807) is 0 Å². The van der Waals surface area contributed by atoms with Gasteiger partial charge in [-0.2, -0.15) is 0 Å². The smallest absolute Gasteiger partial charge is 0.173 e. The van der Waals surface area contributed by atoms with Crippen LogP contribution in [0.2, 0.25) is 0 Å². The van der Waals surface area contributed by atoms with Crippen molar-refractivity contribution in [1.29, 1.82) is 0 Å². The maximum atomic E-state index is 6.21. The SMILES string of the molecule is Cc1c(C)c(C)c2c(c1C)Oc1cc3ccccc3cc1O2. The summed E-state index contributed by atoms with van der Waals surface area (Å²) < 4.78 is 12.4. The highest BCUT2D eigenvalue weighted by Gasteiger charge is 2.25. The molecule has 0 aromatic heterocycles. The predicted octanol–water partition coefficient (Wildman–Crippen LogP) is 5.97. The maximum Gasteiger partial charge on any atom is 0.173 e. The van der Waals surface area contributed by atoms with Crippen LogP contribution in [0.4, 0.5) is 0 Å². The van der Waals surface area contributed by atoms with E-state index in [0.717, 1.165) is 44.9 Å². The van der Waals surface area contributed by atoms with Crippen molar-refractivity contribution < 1.29 is 9.47 Å². The summed E-state index contributed by atoms with van der Waals surface area (Å²) in [5, 5.41) is 2.32. The fraction of sp³-hybridized carbons (Fsp3) is 0.200. The van der Waals surface area contributed by atoms with Gasteiger partial charge < -0.3 is 9.47 Å². The highest BCUT2D eigenvalue weighted by Crippen LogP contribution is 2.51. The van der Waals surface area contributed by atoms with Crippen molar-refractivity contribution in [3.8, 4) is 23.0 Å². The molecule has 1 aliphatic heterocycles. The van der Waals surface area contributed by atoms with E-state index >= 15 is 0 Å². The van der Waals surface area contributed by atoms with Gasteiger partial charge in [0.25, 0.3) is 0 Å². The molecule has 0 spiro atoms. The van der Waals surface area contributed by atoms with Crippen molar-refractivity contribution >= 4 is 10.8 Å². The zero-order chi connectivity index (χ0) is 15.4. The summed E-state index contributed by atoms with van der Waals surface area (Å²) in [6.07, 6.45) is 0. The molecule has 0 saturated heterocycles. The van der Waals surface area contributed by atoms with Gasteiger partial charge in [-0.25, -0.2) is 0 Å². The van der Waals surface area contributed by atoms with E-state index in [2.05, 4.69) is 52.0 Å². The molecule has 1 heterocycles. The topological polar surface area (TPSA) is 18.5 Å². The van der Waals surface area contributed by atoms with E-state index in [9.17, 15) is 0 Å². The summed E-state index contributed by atoms with van der Waals surface area (Å²) in [6, 6.07) is 12.4. The van der Waals surface area contributed by atoms with Gasteiger partial charge in [0.1, 0.15) is 0 Å². The quantitative estimate of drug-likeness (QED) is 0.397. The Balaban J connectivity index is 1.95. The van der Waals surface area contributed by atoms with E-state index in [4.69, 9.17) is 9.47 Å². The van der Waals surface area contributed by atoms with Gasteiger partial charge >= 0.3 is 0 Å². The van der Waals surface area contributed by atoms with Crippen LogP contribution >= 0.6 is 0 Å². The predicted molar refractivity (Wildman–Crippen MR) is 89.5 cm³/mol. The van der Waals surface area contributed by atoms with Crippen molar-refractivity contribution in [2.24, 2.45) is 0 Å². The first-order valence-corrected chi connectivity index (χ1v) is 7.55. The molecule has 0 unspecified atom stereocenters. The Morgan fingerprint density at radius 1 is 0.591 bits per heavy atom. The van der Waals surface area contributed by atoms with Gasteiger partial charge in [-0.15, -0.1) is 0 Å². The molecule has 4 rings (SSSR count). The standard InChI is InChI=1S/C20H18O2/c1-11-12(2)14(4)20-19(13(11)3)21-17-9-15-7-5-6-8-16(15)10-18(17)22-20/h5-10H,1-4H3. The molecule has 1 aliphatic rings. The van der Waals surface area contributed by atoms with Gasteiger partial charge in [0, 0.05) is 0 Å². The molecule has 22 heavy (non-hydrogen) atoms. The van der Waals surface area contributed by atoms with Crippen LogP contribution in [-0.2, 0) is 0 Å². The fourth-order valence-electron chi connectivity index (χ4n) is 3.07. The highest BCUT2D eigenvalue weighted by molar-refractivity contribution is 5.87. The van der Waals surface area contributed by atoms with E-state index in [0.29, 0.717) is 0 Å². The first kappa shape index (κ1) is 13.2. The molecule has 2 nitrogen and oxygen atoms in total. The van der Waals surface area contributed by atoms with Crippen LogP contribution in [0.3, 0.4) is 0 Å². The summed E-state index contributed by atoms with van der Waals surface area (Å²) in [7, 11) is 0. The Morgan fingerprint density at radius 2 is 1.00 bits per heavy atom. The van der Waals surface area contributed by atoms with Crippen LogP contribution in [0.25, 0.3) is 10.8 Å². The first-order chi connectivity index (χ1) is 10.6. The molecular weight excluding hydrogens is 272 g/mol. The van der Waals surface area contributed by atoms with Gasteiger partial charge in [-0.1, -0.05) is 24.3 Å². The lowest BCUT2D eigenvalue weighted by Gasteiger charge is -2.26. The molecule has 0 amide bonds. The largest absolute Gasteiger partial charge is 0.449 e. The zero-order valence-electron chi connectivity index (χ0n) is 13.3. The summed E-state index contributed by atoms with van der Waals surface area (Å²) in [4.78, 5) is 0. The van der Waals surface area contributed by atoms with Crippen LogP contribution in [0.1, 0.15) is 22.3 Å². The minimum atomic E-state index is 0.789. The van der Waals surface area contributed by atoms with Gasteiger partial charge in [-0.05, 0) is 72.9 Å². The number of hydrogen-bond acceptors (Lipinski definition) is 2. The lowest BCUT2D eigenvalue weighted by atomic mass is 9.97. The molecule has 0 saturated carbocycles. The zero-order valence-corrected chi connectivity index (χ0v) is 13.3. The first-order valence-electron chi connectivity index (χ1n) is 7.55. The van der Waals surface area contributed by atoms with Crippen molar-refractivity contribution in [3.05, 3.63) is 58.7 Å². The van der Waals surface area contributed by atoms with Crippen LogP contribution in [0.5, 0.6) is 23.0 Å². The summed E-state index contributed by atoms with van der Waals surface area (Å²) in [5.41, 5.74) is 4.84. The molecule has 0 aliphatic carbocycles. The molecule has 0 bridgehead atoms. The average Bonchev–Trinajstić information content (AvgIpc) is 2.55. The van der Waals surface area contributed by atoms with E-state index in [1.807, 2.05) is 12.1 Å². The Labute approximate surface area is 130 Å². The maximum absolute atomic E-state index is 6.21. The highest BCUT2D eigenvalue weighted by atomic mass is 16.6. The van der Waals surface area contributed by atoms with E-state index in [-0.39, 0.29) is 0 Å². The molecule has 0 atom stereocenters. The molecular formula is C20H18O2. The third-order valence-corrected chi connectivity index (χ3v) is 4.81. The summed E-state index contributed by atoms with van der Waals surface area (Å²) >= 11 is 0. The normalized spacial score (nSPS) is 12.4. The number of hydrogen-bond donors (Lipinski definition) is 0. The van der Waals surface area contributed by atoms with Gasteiger partial charge in [-0.3, -0.25) is 0 Å². The van der Waals surface area contributed by atoms with Crippen molar-refractivity contribution in [2.75, 3.05) is 0 Å². The van der Waals surface area contributed by atoms with Gasteiger partial charge in [0.05, 0.1) is 0 Å². The van der Waals surface area contributed by atoms with Crippen molar-refractivity contribution in [2.45, 2.75) is 27.7 Å². The van der Waals surface area contributed by atoms with Crippen LogP contribution < -0.4 is 9.47 Å². The lowest BCUT2D eigenvalue weighted by Crippen LogP contribution is -2.05. The lowest BCUT2D eigenvalue weighted by molar-refractivity contribution is 0.355. The van der Waals surface area contributed by atoms with Crippen molar-refractivity contribution in [3.63, 3.8) is 0 Å². The third-order valence-electron chi connectivity index (χ3n) is 4.81. The van der Waals surface area contributed by atoms with E-state index < -0.39 is 0 Å². The van der Waals surface area contributed by atoms with Crippen LogP contribution in [0.15, 0.2) is 36.4 Å². The molecule has 3 aromatic carbocycles. The molecule has 0 N–H and O–H groups in total. The molecule has 2 heteroatoms. The average molecular weight is 290 g/mol. The van der Waals surface area contributed by atoms with Crippen LogP contribution in [-0.4, -0.2) is 0 Å². The molecule has 110 valence electrons. The molecule has 0 fully saturated rings. The minimum absolute atomic E-state index is 0.789. The molecule has 0 radical (unpaired) electrons. The summed E-state index contributed by atoms with van der Waals surface area (Å²) in [5.74, 6) is 3.28. The Morgan fingerprint density at radius 3 is 1.41 bits per heavy atom.